The molecular formula is C12H23NO2. The van der Waals surface area contributed by atoms with Crippen LogP contribution in [0.25, 0.3) is 0 Å². The summed E-state index contributed by atoms with van der Waals surface area (Å²) in [5.74, 6) is 0. The summed E-state index contributed by atoms with van der Waals surface area (Å²) in [4.78, 5) is 0. The predicted molar refractivity (Wildman–Crippen MR) is 59.7 cm³/mol. The number of ether oxygens (including phenoxy) is 2. The molecule has 2 fully saturated rings. The van der Waals surface area contributed by atoms with Crippen LogP contribution >= 0.6 is 0 Å². The van der Waals surface area contributed by atoms with E-state index < -0.39 is 0 Å². The Morgan fingerprint density at radius 2 is 2.00 bits per heavy atom. The highest BCUT2D eigenvalue weighted by Gasteiger charge is 2.32. The topological polar surface area (TPSA) is 44.5 Å². The predicted octanol–water partition coefficient (Wildman–Crippen LogP) is 1.70. The summed E-state index contributed by atoms with van der Waals surface area (Å²) in [5, 5.41) is 0. The Kier molecular flexibility index (Phi) is 4.00. The van der Waals surface area contributed by atoms with Gasteiger partial charge in [0.15, 0.2) is 0 Å². The summed E-state index contributed by atoms with van der Waals surface area (Å²) in [7, 11) is 0. The van der Waals surface area contributed by atoms with Gasteiger partial charge in [-0.2, -0.15) is 0 Å². The van der Waals surface area contributed by atoms with Crippen LogP contribution in [0.3, 0.4) is 0 Å². The summed E-state index contributed by atoms with van der Waals surface area (Å²) in [6, 6.07) is 0. The molecule has 0 spiro atoms. The molecule has 2 heterocycles. The van der Waals surface area contributed by atoms with Gasteiger partial charge in [0, 0.05) is 19.8 Å². The van der Waals surface area contributed by atoms with Crippen molar-refractivity contribution in [3.8, 4) is 0 Å². The van der Waals surface area contributed by atoms with E-state index in [0.717, 1.165) is 39.2 Å². The summed E-state index contributed by atoms with van der Waals surface area (Å²) < 4.78 is 11.1. The van der Waals surface area contributed by atoms with Crippen LogP contribution in [0.5, 0.6) is 0 Å². The Bertz CT molecular complexity index is 184. The fourth-order valence-electron chi connectivity index (χ4n) is 2.70. The van der Waals surface area contributed by atoms with E-state index in [1.807, 2.05) is 0 Å². The molecule has 2 saturated heterocycles. The molecule has 2 aliphatic rings. The number of hydrogen-bond acceptors (Lipinski definition) is 3. The maximum Gasteiger partial charge on any atom is 0.0576 e. The molecule has 15 heavy (non-hydrogen) atoms. The first-order valence-electron chi connectivity index (χ1n) is 6.24. The number of rotatable bonds is 4. The Morgan fingerprint density at radius 1 is 1.20 bits per heavy atom. The van der Waals surface area contributed by atoms with Crippen molar-refractivity contribution in [2.45, 2.75) is 44.6 Å². The number of nitrogens with two attached hydrogens (primary N) is 1. The molecule has 2 N–H and O–H groups in total. The van der Waals surface area contributed by atoms with Crippen molar-refractivity contribution in [1.82, 2.24) is 0 Å². The molecule has 2 rings (SSSR count). The van der Waals surface area contributed by atoms with E-state index in [4.69, 9.17) is 15.2 Å². The zero-order valence-corrected chi connectivity index (χ0v) is 9.54. The summed E-state index contributed by atoms with van der Waals surface area (Å²) >= 11 is 0. The molecule has 0 aromatic rings. The van der Waals surface area contributed by atoms with Crippen LogP contribution in [-0.2, 0) is 9.47 Å². The lowest BCUT2D eigenvalue weighted by atomic mass is 9.76. The van der Waals surface area contributed by atoms with Gasteiger partial charge in [0.2, 0.25) is 0 Å². The second-order valence-corrected chi connectivity index (χ2v) is 4.99. The highest BCUT2D eigenvalue weighted by molar-refractivity contribution is 4.84. The monoisotopic (exact) mass is 213 g/mol. The fourth-order valence-corrected chi connectivity index (χ4v) is 2.70. The second-order valence-electron chi connectivity index (χ2n) is 4.99. The molecule has 1 unspecified atom stereocenters. The quantitative estimate of drug-likeness (QED) is 0.773. The van der Waals surface area contributed by atoms with E-state index in [2.05, 4.69) is 0 Å². The fraction of sp³-hybridized carbons (Fsp3) is 1.00. The lowest BCUT2D eigenvalue weighted by molar-refractivity contribution is 0.00440. The lowest BCUT2D eigenvalue weighted by Crippen LogP contribution is -2.37. The zero-order valence-electron chi connectivity index (χ0n) is 9.54. The van der Waals surface area contributed by atoms with Gasteiger partial charge in [0.25, 0.3) is 0 Å². The lowest BCUT2D eigenvalue weighted by Gasteiger charge is -2.36. The summed E-state index contributed by atoms with van der Waals surface area (Å²) in [6.07, 6.45) is 7.68. The molecule has 0 aromatic heterocycles. The average Bonchev–Trinajstić information content (AvgIpc) is 2.81. The Labute approximate surface area is 92.3 Å². The van der Waals surface area contributed by atoms with Crippen molar-refractivity contribution in [2.24, 2.45) is 11.1 Å². The highest BCUT2D eigenvalue weighted by atomic mass is 16.5. The smallest absolute Gasteiger partial charge is 0.0576 e. The molecule has 0 radical (unpaired) electrons. The van der Waals surface area contributed by atoms with E-state index in [1.54, 1.807) is 0 Å². The van der Waals surface area contributed by atoms with Crippen molar-refractivity contribution in [2.75, 3.05) is 26.4 Å². The molecule has 3 heteroatoms. The van der Waals surface area contributed by atoms with Crippen LogP contribution in [0.2, 0.25) is 0 Å². The minimum atomic E-state index is 0.351. The molecule has 88 valence electrons. The largest absolute Gasteiger partial charge is 0.381 e. The van der Waals surface area contributed by atoms with Crippen LogP contribution in [0.1, 0.15) is 38.5 Å². The van der Waals surface area contributed by atoms with Crippen LogP contribution in [-0.4, -0.2) is 32.5 Å². The van der Waals surface area contributed by atoms with Gasteiger partial charge >= 0.3 is 0 Å². The van der Waals surface area contributed by atoms with E-state index in [9.17, 15) is 0 Å². The minimum Gasteiger partial charge on any atom is -0.381 e. The Morgan fingerprint density at radius 3 is 2.60 bits per heavy atom. The Balaban J connectivity index is 1.78. The molecule has 0 bridgehead atoms. The van der Waals surface area contributed by atoms with Crippen LogP contribution in [0.15, 0.2) is 0 Å². The second kappa shape index (κ2) is 5.28. The van der Waals surface area contributed by atoms with Crippen molar-refractivity contribution >= 4 is 0 Å². The van der Waals surface area contributed by atoms with Gasteiger partial charge in [-0.1, -0.05) is 0 Å². The van der Waals surface area contributed by atoms with Gasteiger partial charge in [-0.25, -0.2) is 0 Å². The third-order valence-corrected chi connectivity index (χ3v) is 4.01. The van der Waals surface area contributed by atoms with Gasteiger partial charge in [-0.3, -0.25) is 0 Å². The molecule has 0 saturated carbocycles. The van der Waals surface area contributed by atoms with Crippen LogP contribution < -0.4 is 5.73 Å². The molecule has 2 aliphatic heterocycles. The standard InChI is InChI=1S/C12H23NO2/c13-10-12(5-8-14-9-6-12)4-3-11-2-1-7-15-11/h11H,1-10,13H2. The first-order valence-corrected chi connectivity index (χ1v) is 6.24. The zero-order chi connectivity index (χ0) is 10.6. The van der Waals surface area contributed by atoms with Crippen molar-refractivity contribution in [1.29, 1.82) is 0 Å². The van der Waals surface area contributed by atoms with Crippen molar-refractivity contribution in [3.05, 3.63) is 0 Å². The van der Waals surface area contributed by atoms with Crippen LogP contribution in [0.4, 0.5) is 0 Å². The molecule has 1 atom stereocenters. The summed E-state index contributed by atoms with van der Waals surface area (Å²) in [5.41, 5.74) is 6.28. The molecule has 0 aliphatic carbocycles. The molecule has 0 aromatic carbocycles. The van der Waals surface area contributed by atoms with Gasteiger partial charge in [0.05, 0.1) is 6.10 Å². The molecular weight excluding hydrogens is 190 g/mol. The first kappa shape index (κ1) is 11.4. The van der Waals surface area contributed by atoms with Crippen molar-refractivity contribution in [3.63, 3.8) is 0 Å². The summed E-state index contributed by atoms with van der Waals surface area (Å²) in [6.45, 7) is 3.55. The van der Waals surface area contributed by atoms with Crippen molar-refractivity contribution < 1.29 is 9.47 Å². The highest BCUT2D eigenvalue weighted by Crippen LogP contribution is 2.35. The van der Waals surface area contributed by atoms with E-state index >= 15 is 0 Å². The first-order chi connectivity index (χ1) is 7.35. The third-order valence-electron chi connectivity index (χ3n) is 4.01. The van der Waals surface area contributed by atoms with E-state index in [0.29, 0.717) is 11.5 Å². The van der Waals surface area contributed by atoms with E-state index in [1.165, 1.54) is 25.7 Å². The Hall–Kier alpha value is -0.120. The van der Waals surface area contributed by atoms with Gasteiger partial charge in [0.1, 0.15) is 0 Å². The molecule has 3 nitrogen and oxygen atoms in total. The van der Waals surface area contributed by atoms with Gasteiger partial charge in [-0.15, -0.1) is 0 Å². The van der Waals surface area contributed by atoms with Gasteiger partial charge < -0.3 is 15.2 Å². The van der Waals surface area contributed by atoms with Crippen LogP contribution in [0, 0.1) is 5.41 Å². The van der Waals surface area contributed by atoms with Gasteiger partial charge in [-0.05, 0) is 50.5 Å². The maximum atomic E-state index is 5.93. The van der Waals surface area contributed by atoms with E-state index in [-0.39, 0.29) is 0 Å². The normalized spacial score (nSPS) is 30.6. The maximum absolute atomic E-state index is 5.93. The molecule has 0 amide bonds. The minimum absolute atomic E-state index is 0.351. The third kappa shape index (κ3) is 2.92. The SMILES string of the molecule is NCC1(CCC2CCCO2)CCOCC1. The average molecular weight is 213 g/mol. The number of hydrogen-bond donors (Lipinski definition) is 1.